The lowest BCUT2D eigenvalue weighted by molar-refractivity contribution is -0.920. The van der Waals surface area contributed by atoms with E-state index in [2.05, 4.69) is 38.1 Å². The largest absolute Gasteiger partial charge is 0.493 e. The molecular formula is C21H28N9O3+. The number of likely N-dealkylation sites (tertiary alicyclic amines) is 1. The van der Waals surface area contributed by atoms with Crippen LogP contribution in [0, 0.1) is 5.92 Å². The number of ether oxygens (including phenoxy) is 1. The number of nitrogens with one attached hydrogen (secondary N) is 2. The summed E-state index contributed by atoms with van der Waals surface area (Å²) in [6, 6.07) is 7.44. The van der Waals surface area contributed by atoms with Gasteiger partial charge in [-0.15, -0.1) is 5.10 Å². The Balaban J connectivity index is 1.55. The summed E-state index contributed by atoms with van der Waals surface area (Å²) in [5.74, 6) is 1.17. The van der Waals surface area contributed by atoms with E-state index < -0.39 is 5.91 Å². The standard InChI is InChI=1S/C21H27N9O3/c1-3-32-17-7-5-4-6-15(17)12-23-25-21(31)18-16(13-29-10-8-14(2)9-11-29)30(28-24-18)20-19(22)26-33-27-20/h4-7,12,14H,3,8-11,13H2,1-2H3,(H2,22,26)(H,25,31)/p+1. The second-order valence-electron chi connectivity index (χ2n) is 8.05. The van der Waals surface area contributed by atoms with Crippen molar-refractivity contribution in [2.24, 2.45) is 11.0 Å². The Morgan fingerprint density at radius 1 is 1.36 bits per heavy atom. The van der Waals surface area contributed by atoms with Gasteiger partial charge in [-0.25, -0.2) is 10.1 Å². The SMILES string of the molecule is CCOc1ccccc1C=NNC(=O)c1nnn(-c2nonc2N)c1C[NH+]1CCC(C)CC1. The van der Waals surface area contributed by atoms with Crippen LogP contribution in [0.25, 0.3) is 5.82 Å². The Morgan fingerprint density at radius 2 is 2.15 bits per heavy atom. The summed E-state index contributed by atoms with van der Waals surface area (Å²) in [4.78, 5) is 14.3. The van der Waals surface area contributed by atoms with E-state index in [-0.39, 0.29) is 17.3 Å². The first kappa shape index (κ1) is 22.4. The summed E-state index contributed by atoms with van der Waals surface area (Å²) in [6.45, 7) is 7.21. The topological polar surface area (TPSA) is 151 Å². The van der Waals surface area contributed by atoms with Crippen LogP contribution in [0.4, 0.5) is 5.82 Å². The van der Waals surface area contributed by atoms with Crippen molar-refractivity contribution in [3.05, 3.63) is 41.2 Å². The van der Waals surface area contributed by atoms with Crippen molar-refractivity contribution in [3.63, 3.8) is 0 Å². The van der Waals surface area contributed by atoms with Gasteiger partial charge in [-0.05, 0) is 48.1 Å². The van der Waals surface area contributed by atoms with Crippen molar-refractivity contribution >= 4 is 17.9 Å². The van der Waals surface area contributed by atoms with Crippen LogP contribution in [-0.2, 0) is 6.54 Å². The molecule has 1 amide bonds. The number of quaternary nitrogens is 1. The van der Waals surface area contributed by atoms with Gasteiger partial charge in [0.25, 0.3) is 5.91 Å². The fourth-order valence-corrected chi connectivity index (χ4v) is 3.82. The molecule has 12 nitrogen and oxygen atoms in total. The number of amides is 1. The monoisotopic (exact) mass is 454 g/mol. The van der Waals surface area contributed by atoms with Gasteiger partial charge in [0.2, 0.25) is 11.6 Å². The summed E-state index contributed by atoms with van der Waals surface area (Å²) >= 11 is 0. The third kappa shape index (κ3) is 5.17. The molecule has 0 atom stereocenters. The lowest BCUT2D eigenvalue weighted by atomic mass is 9.99. The molecule has 1 aromatic carbocycles. The zero-order chi connectivity index (χ0) is 23.2. The molecule has 0 bridgehead atoms. The number of nitrogens with zero attached hydrogens (tertiary/aromatic N) is 6. The number of anilines is 1. The highest BCUT2D eigenvalue weighted by molar-refractivity contribution is 5.94. The van der Waals surface area contributed by atoms with Crippen molar-refractivity contribution in [2.75, 3.05) is 25.4 Å². The van der Waals surface area contributed by atoms with Gasteiger partial charge in [0.05, 0.1) is 25.9 Å². The third-order valence-electron chi connectivity index (χ3n) is 5.66. The summed E-state index contributed by atoms with van der Waals surface area (Å²) in [5.41, 5.74) is 9.87. The Bertz CT molecular complexity index is 1120. The molecule has 12 heteroatoms. The van der Waals surface area contributed by atoms with E-state index >= 15 is 0 Å². The number of aromatic nitrogens is 5. The third-order valence-corrected chi connectivity index (χ3v) is 5.66. The maximum absolute atomic E-state index is 13.0. The van der Waals surface area contributed by atoms with Gasteiger partial charge in [-0.1, -0.05) is 24.3 Å². The summed E-state index contributed by atoms with van der Waals surface area (Å²) in [7, 11) is 0. The number of piperidine rings is 1. The molecule has 1 aliphatic heterocycles. The smallest absolute Gasteiger partial charge is 0.294 e. The van der Waals surface area contributed by atoms with Crippen LogP contribution in [0.15, 0.2) is 34.0 Å². The molecule has 2 aromatic heterocycles. The number of carbonyl (C=O) groups excluding carboxylic acids is 1. The minimum Gasteiger partial charge on any atom is -0.493 e. The summed E-state index contributed by atoms with van der Waals surface area (Å²) < 4.78 is 11.7. The van der Waals surface area contributed by atoms with Crippen LogP contribution >= 0.6 is 0 Å². The van der Waals surface area contributed by atoms with Crippen LogP contribution < -0.4 is 20.8 Å². The fourth-order valence-electron chi connectivity index (χ4n) is 3.82. The number of hydrazone groups is 1. The minimum absolute atomic E-state index is 0.0703. The van der Waals surface area contributed by atoms with Crippen molar-refractivity contribution in [3.8, 4) is 11.6 Å². The van der Waals surface area contributed by atoms with E-state index in [0.29, 0.717) is 30.5 Å². The van der Waals surface area contributed by atoms with E-state index in [9.17, 15) is 4.79 Å². The molecule has 1 aliphatic rings. The Kier molecular flexibility index (Phi) is 6.93. The molecule has 4 N–H and O–H groups in total. The predicted molar refractivity (Wildman–Crippen MR) is 119 cm³/mol. The predicted octanol–water partition coefficient (Wildman–Crippen LogP) is 0.210. The highest BCUT2D eigenvalue weighted by Gasteiger charge is 2.28. The molecule has 4 rings (SSSR count). The molecule has 174 valence electrons. The van der Waals surface area contributed by atoms with Gasteiger partial charge in [-0.2, -0.15) is 9.78 Å². The Morgan fingerprint density at radius 3 is 2.88 bits per heavy atom. The number of nitrogen functional groups attached to an aromatic ring is 1. The molecule has 1 saturated heterocycles. The average molecular weight is 455 g/mol. The number of hydrogen-bond donors (Lipinski definition) is 3. The maximum atomic E-state index is 13.0. The van der Waals surface area contributed by atoms with Crippen LogP contribution in [0.2, 0.25) is 0 Å². The van der Waals surface area contributed by atoms with Gasteiger partial charge >= 0.3 is 0 Å². The molecule has 0 aliphatic carbocycles. The normalized spacial score (nSPS) is 18.5. The molecule has 0 unspecified atom stereocenters. The first-order chi connectivity index (χ1) is 16.1. The number of hydrogen-bond acceptors (Lipinski definition) is 9. The van der Waals surface area contributed by atoms with Crippen molar-refractivity contribution < 1.29 is 19.1 Å². The van der Waals surface area contributed by atoms with E-state index in [1.807, 2.05) is 31.2 Å². The van der Waals surface area contributed by atoms with Crippen molar-refractivity contribution in [2.45, 2.75) is 33.2 Å². The second kappa shape index (κ2) is 10.2. The molecule has 0 spiro atoms. The van der Waals surface area contributed by atoms with E-state index in [0.717, 1.165) is 31.5 Å². The van der Waals surface area contributed by atoms with Crippen LogP contribution in [-0.4, -0.2) is 57.1 Å². The van der Waals surface area contributed by atoms with Gasteiger partial charge in [0, 0.05) is 5.56 Å². The quantitative estimate of drug-likeness (QED) is 0.323. The molecule has 0 saturated carbocycles. The van der Waals surface area contributed by atoms with Crippen LogP contribution in [0.1, 0.15) is 48.4 Å². The van der Waals surface area contributed by atoms with E-state index in [1.165, 1.54) is 15.8 Å². The van der Waals surface area contributed by atoms with E-state index in [1.54, 1.807) is 0 Å². The molecular weight excluding hydrogens is 426 g/mol. The lowest BCUT2D eigenvalue weighted by Crippen LogP contribution is -3.11. The first-order valence-electron chi connectivity index (χ1n) is 11.0. The van der Waals surface area contributed by atoms with Gasteiger partial charge in [0.15, 0.2) is 5.69 Å². The highest BCUT2D eigenvalue weighted by atomic mass is 16.6. The Hall–Kier alpha value is -3.80. The zero-order valence-electron chi connectivity index (χ0n) is 18.7. The summed E-state index contributed by atoms with van der Waals surface area (Å²) in [5, 5.41) is 19.7. The van der Waals surface area contributed by atoms with Crippen molar-refractivity contribution in [1.82, 2.24) is 30.7 Å². The van der Waals surface area contributed by atoms with Crippen LogP contribution in [0.5, 0.6) is 5.75 Å². The number of carbonyl (C=O) groups is 1. The minimum atomic E-state index is -0.485. The molecule has 33 heavy (non-hydrogen) atoms. The average Bonchev–Trinajstić information content (AvgIpc) is 3.42. The van der Waals surface area contributed by atoms with Crippen LogP contribution in [0.3, 0.4) is 0 Å². The number of nitrogens with two attached hydrogens (primary N) is 1. The maximum Gasteiger partial charge on any atom is 0.294 e. The molecule has 0 radical (unpaired) electrons. The summed E-state index contributed by atoms with van der Waals surface area (Å²) in [6.07, 6.45) is 3.77. The first-order valence-corrected chi connectivity index (χ1v) is 11.0. The molecule has 3 aromatic rings. The number of rotatable bonds is 8. The lowest BCUT2D eigenvalue weighted by Gasteiger charge is -2.27. The number of benzene rings is 1. The molecule has 3 heterocycles. The van der Waals surface area contributed by atoms with E-state index in [4.69, 9.17) is 15.1 Å². The van der Waals surface area contributed by atoms with Crippen molar-refractivity contribution in [1.29, 1.82) is 0 Å². The fraction of sp³-hybridized carbons (Fsp3) is 0.429. The zero-order valence-corrected chi connectivity index (χ0v) is 18.7. The Labute approximate surface area is 190 Å². The van der Waals surface area contributed by atoms with Gasteiger partial charge in [0.1, 0.15) is 18.0 Å². The van der Waals surface area contributed by atoms with Gasteiger partial charge in [-0.3, -0.25) is 4.79 Å². The van der Waals surface area contributed by atoms with Gasteiger partial charge < -0.3 is 15.4 Å². The highest BCUT2D eigenvalue weighted by Crippen LogP contribution is 2.17. The molecule has 1 fully saturated rings. The second-order valence-corrected chi connectivity index (χ2v) is 8.05. The number of para-hydroxylation sites is 1.